The average molecular weight is 282 g/mol. The summed E-state index contributed by atoms with van der Waals surface area (Å²) in [5.74, 6) is 1.57. The normalized spacial score (nSPS) is 10.6. The molecule has 0 aromatic heterocycles. The molecule has 0 aliphatic carbocycles. The van der Waals surface area contributed by atoms with Crippen molar-refractivity contribution >= 4 is 17.9 Å². The van der Waals surface area contributed by atoms with Gasteiger partial charge in [0.15, 0.2) is 5.78 Å². The van der Waals surface area contributed by atoms with Crippen LogP contribution < -0.4 is 9.47 Å². The summed E-state index contributed by atoms with van der Waals surface area (Å²) in [5, 5.41) is 0. The van der Waals surface area contributed by atoms with Gasteiger partial charge in [0.05, 0.1) is 14.2 Å². The molecule has 0 heterocycles. The number of carbonyl (C=O) groups is 1. The van der Waals surface area contributed by atoms with Gasteiger partial charge in [-0.1, -0.05) is 36.4 Å². The molecule has 0 spiro atoms. The quantitative estimate of drug-likeness (QED) is 0.612. The highest BCUT2D eigenvalue weighted by Gasteiger charge is 2.00. The molecule has 2 aromatic carbocycles. The van der Waals surface area contributed by atoms with Crippen LogP contribution in [0.3, 0.4) is 0 Å². The van der Waals surface area contributed by atoms with Crippen molar-refractivity contribution in [1.82, 2.24) is 0 Å². The molecule has 0 unspecified atom stereocenters. The van der Waals surface area contributed by atoms with Crippen LogP contribution in [0.15, 0.2) is 42.5 Å². The summed E-state index contributed by atoms with van der Waals surface area (Å²) in [6.45, 7) is 1.56. The number of ether oxygens (including phenoxy) is 2. The SMILES string of the molecule is COc1cc(C=Cc2ccc(C(C)=O)cc2)cc(OC)c1. The molecule has 0 saturated heterocycles. The van der Waals surface area contributed by atoms with Crippen molar-refractivity contribution < 1.29 is 14.3 Å². The van der Waals surface area contributed by atoms with Crippen molar-refractivity contribution in [2.45, 2.75) is 6.92 Å². The Labute approximate surface area is 124 Å². The van der Waals surface area contributed by atoms with Gasteiger partial charge in [-0.2, -0.15) is 0 Å². The summed E-state index contributed by atoms with van der Waals surface area (Å²) >= 11 is 0. The summed E-state index contributed by atoms with van der Waals surface area (Å²) in [5.41, 5.74) is 2.74. The van der Waals surface area contributed by atoms with Gasteiger partial charge in [-0.25, -0.2) is 0 Å². The number of methoxy groups -OCH3 is 2. The topological polar surface area (TPSA) is 35.5 Å². The highest BCUT2D eigenvalue weighted by molar-refractivity contribution is 5.94. The van der Waals surface area contributed by atoms with E-state index in [0.29, 0.717) is 0 Å². The molecule has 3 heteroatoms. The Morgan fingerprint density at radius 2 is 1.38 bits per heavy atom. The summed E-state index contributed by atoms with van der Waals surface area (Å²) in [4.78, 5) is 11.2. The van der Waals surface area contributed by atoms with Gasteiger partial charge in [-0.3, -0.25) is 4.79 Å². The maximum absolute atomic E-state index is 11.2. The molecule has 0 radical (unpaired) electrons. The Morgan fingerprint density at radius 1 is 0.857 bits per heavy atom. The maximum Gasteiger partial charge on any atom is 0.159 e. The van der Waals surface area contributed by atoms with E-state index in [2.05, 4.69) is 0 Å². The van der Waals surface area contributed by atoms with Crippen LogP contribution in [-0.2, 0) is 0 Å². The number of rotatable bonds is 5. The standard InChI is InChI=1S/C18H18O3/c1-13(19)16-8-6-14(7-9-16)4-5-15-10-17(20-2)12-18(11-15)21-3/h4-12H,1-3H3. The molecule has 0 aliphatic rings. The molecule has 0 fully saturated rings. The lowest BCUT2D eigenvalue weighted by Gasteiger charge is -2.05. The Kier molecular flexibility index (Phi) is 4.77. The largest absolute Gasteiger partial charge is 0.497 e. The first-order valence-electron chi connectivity index (χ1n) is 6.64. The molecule has 0 N–H and O–H groups in total. The van der Waals surface area contributed by atoms with Crippen molar-refractivity contribution in [3.63, 3.8) is 0 Å². The van der Waals surface area contributed by atoms with Crippen molar-refractivity contribution in [2.75, 3.05) is 14.2 Å². The first-order chi connectivity index (χ1) is 10.1. The zero-order valence-electron chi connectivity index (χ0n) is 12.4. The Balaban J connectivity index is 2.22. The molecule has 2 rings (SSSR count). The van der Waals surface area contributed by atoms with Crippen molar-refractivity contribution in [3.8, 4) is 11.5 Å². The third-order valence-corrected chi connectivity index (χ3v) is 3.16. The van der Waals surface area contributed by atoms with E-state index < -0.39 is 0 Å². The van der Waals surface area contributed by atoms with E-state index >= 15 is 0 Å². The lowest BCUT2D eigenvalue weighted by atomic mass is 10.1. The fraction of sp³-hybridized carbons (Fsp3) is 0.167. The summed E-state index contributed by atoms with van der Waals surface area (Å²) in [7, 11) is 3.26. The minimum Gasteiger partial charge on any atom is -0.497 e. The Bertz CT molecular complexity index is 632. The molecular weight excluding hydrogens is 264 g/mol. The molecule has 2 aromatic rings. The lowest BCUT2D eigenvalue weighted by Crippen LogP contribution is -1.90. The second-order valence-electron chi connectivity index (χ2n) is 4.66. The predicted molar refractivity (Wildman–Crippen MR) is 84.9 cm³/mol. The van der Waals surface area contributed by atoms with Gasteiger partial charge in [-0.15, -0.1) is 0 Å². The number of hydrogen-bond acceptors (Lipinski definition) is 3. The van der Waals surface area contributed by atoms with E-state index in [1.165, 1.54) is 0 Å². The molecule has 0 atom stereocenters. The zero-order valence-corrected chi connectivity index (χ0v) is 12.4. The van der Waals surface area contributed by atoms with Gasteiger partial charge in [0.2, 0.25) is 0 Å². The van der Waals surface area contributed by atoms with Gasteiger partial charge in [0.25, 0.3) is 0 Å². The van der Waals surface area contributed by atoms with Crippen LogP contribution in [0.25, 0.3) is 12.2 Å². The Hall–Kier alpha value is -2.55. The van der Waals surface area contributed by atoms with E-state index in [0.717, 1.165) is 28.2 Å². The van der Waals surface area contributed by atoms with Crippen LogP contribution in [0.5, 0.6) is 11.5 Å². The number of carbonyl (C=O) groups excluding carboxylic acids is 1. The molecule has 0 aliphatic heterocycles. The number of ketones is 1. The van der Waals surface area contributed by atoms with Crippen LogP contribution in [0.2, 0.25) is 0 Å². The second-order valence-corrected chi connectivity index (χ2v) is 4.66. The number of benzene rings is 2. The Morgan fingerprint density at radius 3 is 1.86 bits per heavy atom. The molecule has 0 amide bonds. The maximum atomic E-state index is 11.2. The number of Topliss-reactive ketones (excluding diaryl/α,β-unsaturated/α-hetero) is 1. The van der Waals surface area contributed by atoms with Crippen LogP contribution in [-0.4, -0.2) is 20.0 Å². The van der Waals surface area contributed by atoms with Crippen molar-refractivity contribution in [3.05, 3.63) is 59.2 Å². The van der Waals surface area contributed by atoms with E-state index in [1.807, 2.05) is 54.6 Å². The predicted octanol–water partition coefficient (Wildman–Crippen LogP) is 4.08. The molecule has 0 bridgehead atoms. The third-order valence-electron chi connectivity index (χ3n) is 3.16. The second kappa shape index (κ2) is 6.75. The van der Waals surface area contributed by atoms with E-state index in [4.69, 9.17) is 9.47 Å². The van der Waals surface area contributed by atoms with Gasteiger partial charge >= 0.3 is 0 Å². The van der Waals surface area contributed by atoms with Gasteiger partial charge in [0, 0.05) is 11.6 Å². The first-order valence-corrected chi connectivity index (χ1v) is 6.64. The fourth-order valence-corrected chi connectivity index (χ4v) is 1.95. The minimum atomic E-state index is 0.0723. The average Bonchev–Trinajstić information content (AvgIpc) is 2.52. The lowest BCUT2D eigenvalue weighted by molar-refractivity contribution is 0.101. The summed E-state index contributed by atoms with van der Waals surface area (Å²) in [6, 6.07) is 13.2. The van der Waals surface area contributed by atoms with Gasteiger partial charge in [0.1, 0.15) is 11.5 Å². The smallest absolute Gasteiger partial charge is 0.159 e. The third kappa shape index (κ3) is 3.96. The highest BCUT2D eigenvalue weighted by Crippen LogP contribution is 2.23. The van der Waals surface area contributed by atoms with Gasteiger partial charge < -0.3 is 9.47 Å². The molecule has 0 saturated carbocycles. The summed E-state index contributed by atoms with van der Waals surface area (Å²) < 4.78 is 10.5. The van der Waals surface area contributed by atoms with Crippen LogP contribution >= 0.6 is 0 Å². The highest BCUT2D eigenvalue weighted by atomic mass is 16.5. The van der Waals surface area contributed by atoms with E-state index in [9.17, 15) is 4.79 Å². The van der Waals surface area contributed by atoms with Crippen LogP contribution in [0, 0.1) is 0 Å². The summed E-state index contributed by atoms with van der Waals surface area (Å²) in [6.07, 6.45) is 3.96. The molecule has 108 valence electrons. The molecular formula is C18H18O3. The van der Waals surface area contributed by atoms with E-state index in [-0.39, 0.29) is 5.78 Å². The molecule has 21 heavy (non-hydrogen) atoms. The fourth-order valence-electron chi connectivity index (χ4n) is 1.95. The minimum absolute atomic E-state index is 0.0723. The monoisotopic (exact) mass is 282 g/mol. The van der Waals surface area contributed by atoms with Crippen molar-refractivity contribution in [1.29, 1.82) is 0 Å². The van der Waals surface area contributed by atoms with Crippen LogP contribution in [0.1, 0.15) is 28.4 Å². The van der Waals surface area contributed by atoms with E-state index in [1.54, 1.807) is 21.1 Å². The van der Waals surface area contributed by atoms with Crippen molar-refractivity contribution in [2.24, 2.45) is 0 Å². The number of hydrogen-bond donors (Lipinski definition) is 0. The van der Waals surface area contributed by atoms with Crippen LogP contribution in [0.4, 0.5) is 0 Å². The zero-order chi connectivity index (χ0) is 15.2. The van der Waals surface area contributed by atoms with Gasteiger partial charge in [-0.05, 0) is 30.2 Å². The molecule has 3 nitrogen and oxygen atoms in total. The first kappa shape index (κ1) is 14.9.